The maximum absolute atomic E-state index is 11.7. The smallest absolute Gasteiger partial charge is 0.311 e. The zero-order chi connectivity index (χ0) is 18.2. The molecule has 0 aromatic heterocycles. The predicted molar refractivity (Wildman–Crippen MR) is 91.8 cm³/mol. The Labute approximate surface area is 143 Å². The summed E-state index contributed by atoms with van der Waals surface area (Å²) in [5.41, 5.74) is 3.20. The quantitative estimate of drug-likeness (QED) is 0.455. The van der Waals surface area contributed by atoms with E-state index >= 15 is 0 Å². The summed E-state index contributed by atoms with van der Waals surface area (Å²) < 4.78 is 5.45. The van der Waals surface area contributed by atoms with Gasteiger partial charge in [0.2, 0.25) is 0 Å². The molecule has 0 fully saturated rings. The van der Waals surface area contributed by atoms with Gasteiger partial charge in [-0.2, -0.15) is 5.10 Å². The standard InChI is InChI=1S/C17H17N3O5/c1-2-13-5-3-4-6-16(13)25-11-17(22)19-18-10-12-7-8-15(21)14(9-12)20(23)24/h3-10,21H,2,11H2,1H3,(H,19,22)/b18-10+. The highest BCUT2D eigenvalue weighted by Crippen LogP contribution is 2.25. The minimum Gasteiger partial charge on any atom is -0.502 e. The van der Waals surface area contributed by atoms with Crippen LogP contribution in [0.15, 0.2) is 47.6 Å². The number of phenols is 1. The molecule has 0 saturated carbocycles. The van der Waals surface area contributed by atoms with Gasteiger partial charge < -0.3 is 9.84 Å². The van der Waals surface area contributed by atoms with Crippen LogP contribution < -0.4 is 10.2 Å². The van der Waals surface area contributed by atoms with Crippen LogP contribution in [0.2, 0.25) is 0 Å². The number of nitro groups is 1. The number of ether oxygens (including phenoxy) is 1. The number of rotatable bonds is 7. The van der Waals surface area contributed by atoms with Crippen LogP contribution in [0.25, 0.3) is 0 Å². The van der Waals surface area contributed by atoms with Gasteiger partial charge in [0.05, 0.1) is 11.1 Å². The fourth-order valence-corrected chi connectivity index (χ4v) is 2.06. The SMILES string of the molecule is CCc1ccccc1OCC(=O)N/N=C/c1ccc(O)c([N+](=O)[O-])c1. The molecule has 2 rings (SSSR count). The summed E-state index contributed by atoms with van der Waals surface area (Å²) in [5, 5.41) is 23.8. The van der Waals surface area contributed by atoms with Crippen molar-refractivity contribution in [2.24, 2.45) is 5.10 Å². The number of para-hydroxylation sites is 1. The third-order valence-electron chi connectivity index (χ3n) is 3.31. The van der Waals surface area contributed by atoms with Gasteiger partial charge in [-0.25, -0.2) is 5.43 Å². The Kier molecular flexibility index (Phi) is 6.05. The van der Waals surface area contributed by atoms with Crippen LogP contribution in [-0.2, 0) is 11.2 Å². The van der Waals surface area contributed by atoms with Crippen LogP contribution in [0.5, 0.6) is 11.5 Å². The van der Waals surface area contributed by atoms with Crippen LogP contribution in [0, 0.1) is 10.1 Å². The van der Waals surface area contributed by atoms with E-state index in [9.17, 15) is 20.0 Å². The van der Waals surface area contributed by atoms with E-state index < -0.39 is 22.3 Å². The van der Waals surface area contributed by atoms with Crippen LogP contribution >= 0.6 is 0 Å². The van der Waals surface area contributed by atoms with Gasteiger partial charge in [-0.15, -0.1) is 0 Å². The molecule has 8 heteroatoms. The van der Waals surface area contributed by atoms with E-state index in [0.29, 0.717) is 11.3 Å². The molecule has 0 aliphatic heterocycles. The van der Waals surface area contributed by atoms with Gasteiger partial charge in [0, 0.05) is 11.6 Å². The van der Waals surface area contributed by atoms with Gasteiger partial charge in [-0.05, 0) is 30.2 Å². The molecule has 0 atom stereocenters. The zero-order valence-electron chi connectivity index (χ0n) is 13.5. The number of nitrogens with zero attached hydrogens (tertiary/aromatic N) is 2. The van der Waals surface area contributed by atoms with Crippen molar-refractivity contribution in [1.29, 1.82) is 0 Å². The van der Waals surface area contributed by atoms with Crippen molar-refractivity contribution in [2.45, 2.75) is 13.3 Å². The van der Waals surface area contributed by atoms with Crippen molar-refractivity contribution in [2.75, 3.05) is 6.61 Å². The van der Waals surface area contributed by atoms with E-state index in [1.165, 1.54) is 18.3 Å². The molecular formula is C17H17N3O5. The number of benzene rings is 2. The third-order valence-corrected chi connectivity index (χ3v) is 3.31. The number of carbonyl (C=O) groups is 1. The molecule has 0 saturated heterocycles. The van der Waals surface area contributed by atoms with Crippen LogP contribution in [0.3, 0.4) is 0 Å². The number of phenolic OH excluding ortho intramolecular Hbond substituents is 1. The van der Waals surface area contributed by atoms with Gasteiger partial charge >= 0.3 is 5.69 Å². The number of carbonyl (C=O) groups excluding carboxylic acids is 1. The number of aryl methyl sites for hydroxylation is 1. The molecule has 130 valence electrons. The van der Waals surface area contributed by atoms with E-state index in [1.807, 2.05) is 25.1 Å². The second kappa shape index (κ2) is 8.44. The first-order chi connectivity index (χ1) is 12.0. The Balaban J connectivity index is 1.90. The molecule has 2 aromatic rings. The Bertz CT molecular complexity index is 805. The molecule has 25 heavy (non-hydrogen) atoms. The number of amides is 1. The summed E-state index contributed by atoms with van der Waals surface area (Å²) in [6.45, 7) is 1.79. The van der Waals surface area contributed by atoms with Gasteiger partial charge in [0.15, 0.2) is 12.4 Å². The third kappa shape index (κ3) is 5.03. The molecule has 0 heterocycles. The van der Waals surface area contributed by atoms with Crippen LogP contribution in [-0.4, -0.2) is 28.8 Å². The molecule has 2 aromatic carbocycles. The molecule has 0 unspecified atom stereocenters. The van der Waals surface area contributed by atoms with Crippen molar-refractivity contribution >= 4 is 17.8 Å². The number of nitro benzene ring substituents is 1. The highest BCUT2D eigenvalue weighted by atomic mass is 16.6. The van der Waals surface area contributed by atoms with E-state index in [2.05, 4.69) is 10.5 Å². The second-order valence-electron chi connectivity index (χ2n) is 5.05. The number of aromatic hydroxyl groups is 1. The predicted octanol–water partition coefficient (Wildman–Crippen LogP) is 2.39. The lowest BCUT2D eigenvalue weighted by Crippen LogP contribution is -2.24. The van der Waals surface area contributed by atoms with Gasteiger partial charge in [0.25, 0.3) is 5.91 Å². The van der Waals surface area contributed by atoms with Crippen LogP contribution in [0.1, 0.15) is 18.1 Å². The van der Waals surface area contributed by atoms with Gasteiger partial charge in [-0.1, -0.05) is 25.1 Å². The minimum atomic E-state index is -0.704. The van der Waals surface area contributed by atoms with E-state index in [-0.39, 0.29) is 6.61 Å². The van der Waals surface area contributed by atoms with E-state index in [4.69, 9.17) is 4.74 Å². The van der Waals surface area contributed by atoms with Gasteiger partial charge in [-0.3, -0.25) is 14.9 Å². The molecule has 2 N–H and O–H groups in total. The van der Waals surface area contributed by atoms with Crippen molar-refractivity contribution in [3.8, 4) is 11.5 Å². The Morgan fingerprint density at radius 3 is 2.84 bits per heavy atom. The summed E-state index contributed by atoms with van der Waals surface area (Å²) in [4.78, 5) is 21.8. The summed E-state index contributed by atoms with van der Waals surface area (Å²) in [7, 11) is 0. The lowest BCUT2D eigenvalue weighted by molar-refractivity contribution is -0.385. The average molecular weight is 343 g/mol. The number of hydrogen-bond donors (Lipinski definition) is 2. The number of hydrogen-bond acceptors (Lipinski definition) is 6. The van der Waals surface area contributed by atoms with Crippen LogP contribution in [0.4, 0.5) is 5.69 Å². The van der Waals surface area contributed by atoms with Crippen molar-refractivity contribution in [3.63, 3.8) is 0 Å². The molecule has 8 nitrogen and oxygen atoms in total. The highest BCUT2D eigenvalue weighted by Gasteiger charge is 2.12. The number of hydrazone groups is 1. The summed E-state index contributed by atoms with van der Waals surface area (Å²) in [5.74, 6) is -0.261. The van der Waals surface area contributed by atoms with Gasteiger partial charge in [0.1, 0.15) is 5.75 Å². The van der Waals surface area contributed by atoms with E-state index in [1.54, 1.807) is 6.07 Å². The lowest BCUT2D eigenvalue weighted by Gasteiger charge is -2.08. The van der Waals surface area contributed by atoms with Crippen molar-refractivity contribution in [1.82, 2.24) is 5.43 Å². The maximum atomic E-state index is 11.7. The molecule has 0 aliphatic carbocycles. The van der Waals surface area contributed by atoms with Crippen molar-refractivity contribution < 1.29 is 19.6 Å². The Morgan fingerprint density at radius 2 is 2.12 bits per heavy atom. The topological polar surface area (TPSA) is 114 Å². The summed E-state index contributed by atoms with van der Waals surface area (Å²) >= 11 is 0. The van der Waals surface area contributed by atoms with E-state index in [0.717, 1.165) is 18.1 Å². The first-order valence-corrected chi connectivity index (χ1v) is 7.51. The normalized spacial score (nSPS) is 10.6. The molecule has 0 radical (unpaired) electrons. The summed E-state index contributed by atoms with van der Waals surface area (Å²) in [6, 6.07) is 11.2. The monoisotopic (exact) mass is 343 g/mol. The average Bonchev–Trinajstić information content (AvgIpc) is 2.61. The molecule has 1 amide bonds. The second-order valence-corrected chi connectivity index (χ2v) is 5.05. The van der Waals surface area contributed by atoms with Crippen molar-refractivity contribution in [3.05, 3.63) is 63.7 Å². The first-order valence-electron chi connectivity index (χ1n) is 7.51. The Hall–Kier alpha value is -3.42. The highest BCUT2D eigenvalue weighted by molar-refractivity contribution is 5.84. The fourth-order valence-electron chi connectivity index (χ4n) is 2.06. The molecular weight excluding hydrogens is 326 g/mol. The molecule has 0 aliphatic rings. The maximum Gasteiger partial charge on any atom is 0.311 e. The zero-order valence-corrected chi connectivity index (χ0v) is 13.5. The minimum absolute atomic E-state index is 0.204. The Morgan fingerprint density at radius 1 is 1.36 bits per heavy atom. The number of nitrogens with one attached hydrogen (secondary N) is 1. The molecule has 0 spiro atoms. The first kappa shape index (κ1) is 17.9. The lowest BCUT2D eigenvalue weighted by atomic mass is 10.1. The fraction of sp³-hybridized carbons (Fsp3) is 0.176. The summed E-state index contributed by atoms with van der Waals surface area (Å²) in [6.07, 6.45) is 2.03. The molecule has 0 bridgehead atoms. The largest absolute Gasteiger partial charge is 0.502 e.